The molecule has 4 atom stereocenters. The molecule has 2 rings (SSSR count). The number of nitrogens with two attached hydrogens (primary N) is 3. The van der Waals surface area contributed by atoms with Gasteiger partial charge in [-0.1, -0.05) is 12.1 Å². The molecule has 0 aliphatic heterocycles. The number of guanidine groups is 1. The number of carbonyl (C=O) groups excluding carboxylic acids is 3. The summed E-state index contributed by atoms with van der Waals surface area (Å²) >= 11 is 0. The number of carboxylic acids is 2. The zero-order chi connectivity index (χ0) is 31.2. The number of aliphatic carboxylic acids is 2. The smallest absolute Gasteiger partial charge is 0.326 e. The number of hydrogen-bond donors (Lipinski definition) is 10. The van der Waals surface area contributed by atoms with E-state index in [1.807, 2.05) is 0 Å². The number of aromatic hydroxyl groups is 1. The molecule has 4 unspecified atom stereocenters. The van der Waals surface area contributed by atoms with Crippen molar-refractivity contribution >= 4 is 35.6 Å². The van der Waals surface area contributed by atoms with Gasteiger partial charge in [-0.05, 0) is 37.0 Å². The Morgan fingerprint density at radius 3 is 2.10 bits per heavy atom. The summed E-state index contributed by atoms with van der Waals surface area (Å²) in [5.41, 5.74) is 17.6. The summed E-state index contributed by atoms with van der Waals surface area (Å²) in [6.07, 6.45) is 1.95. The van der Waals surface area contributed by atoms with Crippen LogP contribution >= 0.6 is 0 Å². The van der Waals surface area contributed by atoms with Gasteiger partial charge in [0.2, 0.25) is 17.7 Å². The number of amides is 3. The van der Waals surface area contributed by atoms with Crippen molar-refractivity contribution in [2.75, 3.05) is 6.54 Å². The van der Waals surface area contributed by atoms with Crippen molar-refractivity contribution in [3.8, 4) is 5.75 Å². The van der Waals surface area contributed by atoms with Crippen LogP contribution in [0.1, 0.15) is 30.5 Å². The van der Waals surface area contributed by atoms with Crippen LogP contribution in [0.25, 0.3) is 0 Å². The van der Waals surface area contributed by atoms with E-state index in [0.717, 1.165) is 0 Å². The second-order valence-electron chi connectivity index (χ2n) is 9.33. The van der Waals surface area contributed by atoms with Gasteiger partial charge in [0.15, 0.2) is 5.96 Å². The molecule has 0 saturated heterocycles. The van der Waals surface area contributed by atoms with E-state index >= 15 is 0 Å². The summed E-state index contributed by atoms with van der Waals surface area (Å²) in [5, 5.41) is 35.3. The van der Waals surface area contributed by atoms with Crippen molar-refractivity contribution in [3.05, 3.63) is 48.0 Å². The molecule has 0 aliphatic carbocycles. The van der Waals surface area contributed by atoms with E-state index in [2.05, 4.69) is 30.9 Å². The molecule has 0 fully saturated rings. The molecule has 228 valence electrons. The minimum Gasteiger partial charge on any atom is -0.508 e. The number of carboxylic acid groups (broad SMARTS) is 2. The summed E-state index contributed by atoms with van der Waals surface area (Å²) in [7, 11) is 0. The van der Waals surface area contributed by atoms with E-state index in [-0.39, 0.29) is 43.9 Å². The second-order valence-corrected chi connectivity index (χ2v) is 9.33. The molecule has 0 spiro atoms. The highest BCUT2D eigenvalue weighted by Crippen LogP contribution is 2.11. The SMILES string of the molecule is NC(N)=NCCCC(NC(=O)C(CC(=O)O)NC(=O)C(Cc1cnc[nH]1)NC(=O)C(N)Cc1ccc(O)cc1)C(=O)O. The number of H-pyrrole nitrogens is 1. The third-order valence-electron chi connectivity index (χ3n) is 5.91. The van der Waals surface area contributed by atoms with Crippen LogP contribution in [0.15, 0.2) is 41.8 Å². The number of phenolic OH excluding ortho intramolecular Hbond substituents is 1. The normalized spacial score (nSPS) is 13.5. The topological polar surface area (TPSA) is 301 Å². The third-order valence-corrected chi connectivity index (χ3v) is 5.91. The molecule has 1 aromatic heterocycles. The molecular formula is C25H35N9O8. The average Bonchev–Trinajstić information content (AvgIpc) is 3.43. The van der Waals surface area contributed by atoms with E-state index in [1.54, 1.807) is 12.1 Å². The first-order valence-corrected chi connectivity index (χ1v) is 12.8. The van der Waals surface area contributed by atoms with Gasteiger partial charge >= 0.3 is 11.9 Å². The Hall–Kier alpha value is -5.19. The highest BCUT2D eigenvalue weighted by Gasteiger charge is 2.32. The van der Waals surface area contributed by atoms with Crippen molar-refractivity contribution in [2.45, 2.75) is 56.3 Å². The Kier molecular flexibility index (Phi) is 12.7. The van der Waals surface area contributed by atoms with Crippen LogP contribution in [-0.4, -0.2) is 91.6 Å². The van der Waals surface area contributed by atoms with Crippen LogP contribution in [0.2, 0.25) is 0 Å². The number of imidazole rings is 1. The van der Waals surface area contributed by atoms with Gasteiger partial charge in [0.1, 0.15) is 23.9 Å². The summed E-state index contributed by atoms with van der Waals surface area (Å²) in [6.45, 7) is 0.0983. The highest BCUT2D eigenvalue weighted by atomic mass is 16.4. The molecule has 3 amide bonds. The molecular weight excluding hydrogens is 554 g/mol. The van der Waals surface area contributed by atoms with Gasteiger partial charge in [-0.3, -0.25) is 24.2 Å². The number of aromatic nitrogens is 2. The quantitative estimate of drug-likeness (QED) is 0.0512. The molecule has 42 heavy (non-hydrogen) atoms. The van der Waals surface area contributed by atoms with Crippen LogP contribution in [0.5, 0.6) is 5.75 Å². The molecule has 2 aromatic rings. The molecule has 1 heterocycles. The third kappa shape index (κ3) is 11.5. The lowest BCUT2D eigenvalue weighted by molar-refractivity contribution is -0.143. The Morgan fingerprint density at radius 1 is 0.905 bits per heavy atom. The first kappa shape index (κ1) is 33.0. The van der Waals surface area contributed by atoms with Gasteiger partial charge in [-0.2, -0.15) is 0 Å². The minimum absolute atomic E-state index is 0.0358. The Balaban J connectivity index is 2.15. The van der Waals surface area contributed by atoms with Gasteiger partial charge in [0.05, 0.1) is 18.8 Å². The molecule has 0 aliphatic rings. The van der Waals surface area contributed by atoms with Crippen molar-refractivity contribution < 1.29 is 39.3 Å². The minimum atomic E-state index is -1.68. The molecule has 0 saturated carbocycles. The Bertz CT molecular complexity index is 1250. The van der Waals surface area contributed by atoms with Crippen molar-refractivity contribution in [1.82, 2.24) is 25.9 Å². The number of aromatic amines is 1. The standard InChI is InChI=1S/C25H35N9O8/c26-16(8-13-3-5-15(35)6-4-13)21(38)33-18(9-14-11-29-12-31-14)22(39)34-19(10-20(36)37)23(40)32-17(24(41)42)2-1-7-30-25(27)28/h3-6,11-12,16-19,35H,1-2,7-10,26H2,(H,29,31)(H,32,40)(H,33,38)(H,34,39)(H,36,37)(H,41,42)(H4,27,28,30). The van der Waals surface area contributed by atoms with Crippen LogP contribution in [0.4, 0.5) is 0 Å². The first-order valence-electron chi connectivity index (χ1n) is 12.8. The van der Waals surface area contributed by atoms with Crippen molar-refractivity contribution in [1.29, 1.82) is 0 Å². The lowest BCUT2D eigenvalue weighted by atomic mass is 10.0. The van der Waals surface area contributed by atoms with Gasteiger partial charge in [0.25, 0.3) is 0 Å². The molecule has 0 radical (unpaired) electrons. The molecule has 17 nitrogen and oxygen atoms in total. The number of hydrogen-bond acceptors (Lipinski definition) is 9. The predicted molar refractivity (Wildman–Crippen MR) is 148 cm³/mol. The van der Waals surface area contributed by atoms with Crippen LogP contribution in [-0.2, 0) is 36.8 Å². The summed E-state index contributed by atoms with van der Waals surface area (Å²) in [5.74, 6) is -5.68. The largest absolute Gasteiger partial charge is 0.508 e. The van der Waals surface area contributed by atoms with E-state index in [9.17, 15) is 39.3 Å². The number of benzene rings is 1. The maximum absolute atomic E-state index is 13.3. The lowest BCUT2D eigenvalue weighted by Gasteiger charge is -2.24. The van der Waals surface area contributed by atoms with Gasteiger partial charge in [-0.25, -0.2) is 9.78 Å². The van der Waals surface area contributed by atoms with E-state index in [0.29, 0.717) is 11.3 Å². The van der Waals surface area contributed by atoms with Crippen LogP contribution in [0, 0.1) is 0 Å². The number of aliphatic imine (C=N–C) groups is 1. The molecule has 17 heteroatoms. The van der Waals surface area contributed by atoms with Crippen molar-refractivity contribution in [3.63, 3.8) is 0 Å². The monoisotopic (exact) mass is 589 g/mol. The fraction of sp³-hybridized carbons (Fsp3) is 0.400. The lowest BCUT2D eigenvalue weighted by Crippen LogP contribution is -2.58. The van der Waals surface area contributed by atoms with Gasteiger partial charge < -0.3 is 53.5 Å². The Labute approximate surface area is 240 Å². The number of nitrogens with one attached hydrogen (secondary N) is 4. The van der Waals surface area contributed by atoms with E-state index < -0.39 is 60.2 Å². The van der Waals surface area contributed by atoms with Gasteiger partial charge in [-0.15, -0.1) is 0 Å². The summed E-state index contributed by atoms with van der Waals surface area (Å²) < 4.78 is 0. The maximum Gasteiger partial charge on any atom is 0.326 e. The highest BCUT2D eigenvalue weighted by molar-refractivity contribution is 5.95. The molecule has 1 aromatic carbocycles. The first-order chi connectivity index (χ1) is 19.8. The number of carbonyl (C=O) groups is 5. The fourth-order valence-electron chi connectivity index (χ4n) is 3.77. The van der Waals surface area contributed by atoms with Gasteiger partial charge in [0, 0.05) is 24.9 Å². The number of rotatable bonds is 17. The molecule has 13 N–H and O–H groups in total. The summed E-state index contributed by atoms with van der Waals surface area (Å²) in [6, 6.07) is 0.513. The Morgan fingerprint density at radius 2 is 1.52 bits per heavy atom. The van der Waals surface area contributed by atoms with Crippen molar-refractivity contribution in [2.24, 2.45) is 22.2 Å². The number of phenols is 1. The van der Waals surface area contributed by atoms with Crippen LogP contribution in [0.3, 0.4) is 0 Å². The average molecular weight is 590 g/mol. The maximum atomic E-state index is 13.3. The second kappa shape index (κ2) is 16.2. The van der Waals surface area contributed by atoms with E-state index in [4.69, 9.17) is 17.2 Å². The van der Waals surface area contributed by atoms with E-state index in [1.165, 1.54) is 24.7 Å². The van der Waals surface area contributed by atoms with Crippen LogP contribution < -0.4 is 33.2 Å². The zero-order valence-corrected chi connectivity index (χ0v) is 22.5. The fourth-order valence-corrected chi connectivity index (χ4v) is 3.77. The predicted octanol–water partition coefficient (Wildman–Crippen LogP) is -2.70. The number of nitrogens with zero attached hydrogens (tertiary/aromatic N) is 2. The molecule has 0 bridgehead atoms. The zero-order valence-electron chi connectivity index (χ0n) is 22.5. The summed E-state index contributed by atoms with van der Waals surface area (Å²) in [4.78, 5) is 72.6.